The largest absolute Gasteiger partial charge is 0.368 e. The SMILES string of the molecule is CC1(C)CN(S(=O)(=O)CCS(C)(=O)=O)CC(CCl)O1. The Morgan fingerprint density at radius 3 is 2.32 bits per heavy atom. The fourth-order valence-corrected chi connectivity index (χ4v) is 5.29. The molecule has 114 valence electrons. The Labute approximate surface area is 120 Å². The van der Waals surface area contributed by atoms with E-state index in [0.717, 1.165) is 6.26 Å². The van der Waals surface area contributed by atoms with E-state index in [4.69, 9.17) is 16.3 Å². The van der Waals surface area contributed by atoms with Crippen LogP contribution in [0.15, 0.2) is 0 Å². The topological polar surface area (TPSA) is 80.8 Å². The monoisotopic (exact) mass is 333 g/mol. The van der Waals surface area contributed by atoms with Gasteiger partial charge >= 0.3 is 0 Å². The lowest BCUT2D eigenvalue weighted by atomic mass is 10.1. The summed E-state index contributed by atoms with van der Waals surface area (Å²) >= 11 is 5.73. The van der Waals surface area contributed by atoms with Crippen LogP contribution >= 0.6 is 11.6 Å². The van der Waals surface area contributed by atoms with Crippen molar-refractivity contribution in [2.24, 2.45) is 0 Å². The summed E-state index contributed by atoms with van der Waals surface area (Å²) in [6.07, 6.45) is 0.645. The first-order valence-corrected chi connectivity index (χ1v) is 10.0. The number of nitrogens with zero attached hydrogens (tertiary/aromatic N) is 1. The zero-order valence-corrected chi connectivity index (χ0v) is 13.7. The maximum absolute atomic E-state index is 12.1. The fraction of sp³-hybridized carbons (Fsp3) is 1.00. The molecule has 0 aromatic rings. The van der Waals surface area contributed by atoms with Crippen molar-refractivity contribution in [1.29, 1.82) is 0 Å². The van der Waals surface area contributed by atoms with Crippen LogP contribution in [0, 0.1) is 0 Å². The summed E-state index contributed by atoms with van der Waals surface area (Å²) < 4.78 is 53.4. The fourth-order valence-electron chi connectivity index (χ4n) is 1.92. The van der Waals surface area contributed by atoms with E-state index in [1.54, 1.807) is 13.8 Å². The van der Waals surface area contributed by atoms with Crippen LogP contribution < -0.4 is 0 Å². The second-order valence-corrected chi connectivity index (χ2v) is 10.0. The lowest BCUT2D eigenvalue weighted by Gasteiger charge is -2.41. The molecule has 0 spiro atoms. The molecule has 0 aromatic heterocycles. The molecule has 1 unspecified atom stereocenters. The molecule has 1 aliphatic heterocycles. The third kappa shape index (κ3) is 5.55. The number of sulfonamides is 1. The molecule has 0 radical (unpaired) electrons. The van der Waals surface area contributed by atoms with Crippen LogP contribution in [0.2, 0.25) is 0 Å². The molecule has 0 aromatic carbocycles. The minimum absolute atomic E-state index is 0.166. The lowest BCUT2D eigenvalue weighted by molar-refractivity contribution is -0.107. The first-order chi connectivity index (χ1) is 8.45. The van der Waals surface area contributed by atoms with Crippen LogP contribution in [0.25, 0.3) is 0 Å². The normalized spacial score (nSPS) is 25.4. The molecule has 1 saturated heterocycles. The molecule has 0 aliphatic carbocycles. The molecular weight excluding hydrogens is 314 g/mol. The van der Waals surface area contributed by atoms with Crippen LogP contribution in [0.5, 0.6) is 0 Å². The van der Waals surface area contributed by atoms with E-state index >= 15 is 0 Å². The number of morpholine rings is 1. The van der Waals surface area contributed by atoms with E-state index in [9.17, 15) is 16.8 Å². The van der Waals surface area contributed by atoms with Gasteiger partial charge in [-0.25, -0.2) is 16.8 Å². The molecule has 9 heteroatoms. The van der Waals surface area contributed by atoms with Gasteiger partial charge in [-0.2, -0.15) is 4.31 Å². The molecule has 1 rings (SSSR count). The number of alkyl halides is 1. The summed E-state index contributed by atoms with van der Waals surface area (Å²) in [5.41, 5.74) is -0.629. The first kappa shape index (κ1) is 17.2. The minimum Gasteiger partial charge on any atom is -0.368 e. The molecule has 1 heterocycles. The number of sulfone groups is 1. The van der Waals surface area contributed by atoms with Crippen molar-refractivity contribution in [3.63, 3.8) is 0 Å². The summed E-state index contributed by atoms with van der Waals surface area (Å²) in [5.74, 6) is -0.586. The second-order valence-electron chi connectivity index (χ2n) is 5.39. The Hall–Kier alpha value is 0.110. The smallest absolute Gasteiger partial charge is 0.215 e. The number of ether oxygens (including phenoxy) is 1. The summed E-state index contributed by atoms with van der Waals surface area (Å²) in [4.78, 5) is 0. The number of hydrogen-bond donors (Lipinski definition) is 0. The van der Waals surface area contributed by atoms with Crippen LogP contribution in [0.1, 0.15) is 13.8 Å². The molecule has 19 heavy (non-hydrogen) atoms. The molecule has 0 amide bonds. The average molecular weight is 334 g/mol. The van der Waals surface area contributed by atoms with Crippen molar-refractivity contribution < 1.29 is 21.6 Å². The van der Waals surface area contributed by atoms with Gasteiger partial charge in [-0.15, -0.1) is 11.6 Å². The summed E-state index contributed by atoms with van der Waals surface area (Å²) in [6.45, 7) is 3.93. The van der Waals surface area contributed by atoms with Gasteiger partial charge < -0.3 is 4.74 Å². The van der Waals surface area contributed by atoms with Gasteiger partial charge in [0.05, 0.1) is 23.2 Å². The van der Waals surface area contributed by atoms with Crippen LogP contribution in [0.4, 0.5) is 0 Å². The Morgan fingerprint density at radius 2 is 1.84 bits per heavy atom. The lowest BCUT2D eigenvalue weighted by Crippen LogP contribution is -2.55. The van der Waals surface area contributed by atoms with Gasteiger partial charge in [-0.1, -0.05) is 0 Å². The van der Waals surface area contributed by atoms with Gasteiger partial charge in [0.1, 0.15) is 9.84 Å². The summed E-state index contributed by atoms with van der Waals surface area (Å²) in [7, 11) is -6.92. The van der Waals surface area contributed by atoms with Crippen molar-refractivity contribution in [3.8, 4) is 0 Å². The molecule has 1 fully saturated rings. The predicted molar refractivity (Wildman–Crippen MR) is 74.7 cm³/mol. The number of hydrogen-bond acceptors (Lipinski definition) is 5. The van der Waals surface area contributed by atoms with E-state index < -0.39 is 31.2 Å². The van der Waals surface area contributed by atoms with E-state index in [0.29, 0.717) is 0 Å². The molecular formula is C10H20ClNO5S2. The van der Waals surface area contributed by atoms with E-state index in [-0.39, 0.29) is 30.8 Å². The zero-order valence-electron chi connectivity index (χ0n) is 11.3. The average Bonchev–Trinajstić information content (AvgIpc) is 2.23. The highest BCUT2D eigenvalue weighted by atomic mass is 35.5. The summed E-state index contributed by atoms with van der Waals surface area (Å²) in [5, 5.41) is 0. The maximum atomic E-state index is 12.1. The van der Waals surface area contributed by atoms with Gasteiger partial charge in [-0.05, 0) is 13.8 Å². The molecule has 0 bridgehead atoms. The number of halogens is 1. The Balaban J connectivity index is 2.82. The zero-order chi connectivity index (χ0) is 14.9. The Morgan fingerprint density at radius 1 is 1.26 bits per heavy atom. The van der Waals surface area contributed by atoms with E-state index in [1.165, 1.54) is 4.31 Å². The quantitative estimate of drug-likeness (QED) is 0.665. The van der Waals surface area contributed by atoms with Crippen molar-refractivity contribution in [2.45, 2.75) is 25.6 Å². The van der Waals surface area contributed by atoms with Gasteiger partial charge in [0.25, 0.3) is 0 Å². The van der Waals surface area contributed by atoms with Crippen LogP contribution in [-0.4, -0.2) is 69.6 Å². The highest BCUT2D eigenvalue weighted by molar-refractivity contribution is 7.93. The predicted octanol–water partition coefficient (Wildman–Crippen LogP) is 0.0790. The van der Waals surface area contributed by atoms with Gasteiger partial charge in [0.15, 0.2) is 0 Å². The first-order valence-electron chi connectivity index (χ1n) is 5.84. The van der Waals surface area contributed by atoms with E-state index in [1.807, 2.05) is 0 Å². The Bertz CT molecular complexity index is 514. The van der Waals surface area contributed by atoms with Crippen molar-refractivity contribution in [2.75, 3.05) is 36.7 Å². The van der Waals surface area contributed by atoms with Gasteiger partial charge in [-0.3, -0.25) is 0 Å². The van der Waals surface area contributed by atoms with Crippen molar-refractivity contribution in [3.05, 3.63) is 0 Å². The van der Waals surface area contributed by atoms with Crippen molar-refractivity contribution >= 4 is 31.5 Å². The number of rotatable bonds is 5. The highest BCUT2D eigenvalue weighted by Crippen LogP contribution is 2.24. The Kier molecular flexibility index (Phi) is 5.28. The third-order valence-electron chi connectivity index (χ3n) is 2.73. The van der Waals surface area contributed by atoms with E-state index in [2.05, 4.69) is 0 Å². The standard InChI is InChI=1S/C10H20ClNO5S2/c1-10(2)8-12(7-9(6-11)17-10)19(15,16)5-4-18(3,13)14/h9H,4-8H2,1-3H3. The highest BCUT2D eigenvalue weighted by Gasteiger charge is 2.38. The molecule has 0 N–H and O–H groups in total. The molecule has 1 aliphatic rings. The second kappa shape index (κ2) is 5.85. The molecule has 1 atom stereocenters. The summed E-state index contributed by atoms with van der Waals surface area (Å²) in [6, 6.07) is 0. The molecule has 0 saturated carbocycles. The van der Waals surface area contributed by atoms with Crippen LogP contribution in [-0.2, 0) is 24.6 Å². The third-order valence-corrected chi connectivity index (χ3v) is 6.06. The minimum atomic E-state index is -3.62. The molecule has 6 nitrogen and oxygen atoms in total. The van der Waals surface area contributed by atoms with Crippen LogP contribution in [0.3, 0.4) is 0 Å². The van der Waals surface area contributed by atoms with Gasteiger partial charge in [0.2, 0.25) is 10.0 Å². The van der Waals surface area contributed by atoms with Gasteiger partial charge in [0, 0.05) is 25.2 Å². The van der Waals surface area contributed by atoms with Crippen molar-refractivity contribution in [1.82, 2.24) is 4.31 Å². The maximum Gasteiger partial charge on any atom is 0.215 e.